The van der Waals surface area contributed by atoms with Gasteiger partial charge in [-0.15, -0.1) is 0 Å². The second kappa shape index (κ2) is 9.15. The fourth-order valence-corrected chi connectivity index (χ4v) is 3.10. The van der Waals surface area contributed by atoms with Gasteiger partial charge >= 0.3 is 0 Å². The Balaban J connectivity index is 2.82. The molecule has 0 aliphatic heterocycles. The lowest BCUT2D eigenvalue weighted by Crippen LogP contribution is -2.45. The van der Waals surface area contributed by atoms with E-state index in [0.29, 0.717) is 18.0 Å². The van der Waals surface area contributed by atoms with E-state index >= 15 is 0 Å². The number of likely N-dealkylation sites (N-methyl/N-ethyl adjacent to an activating group) is 2. The number of hydrogen-bond acceptors (Lipinski definition) is 2. The highest BCUT2D eigenvalue weighted by atomic mass is 15.2. The zero-order valence-electron chi connectivity index (χ0n) is 13.9. The summed E-state index contributed by atoms with van der Waals surface area (Å²) in [5, 5.41) is 3.53. The van der Waals surface area contributed by atoms with Gasteiger partial charge in [-0.25, -0.2) is 0 Å². The molecule has 0 bridgehead atoms. The van der Waals surface area contributed by atoms with E-state index in [1.807, 2.05) is 0 Å². The van der Waals surface area contributed by atoms with E-state index in [0.717, 1.165) is 0 Å². The van der Waals surface area contributed by atoms with Gasteiger partial charge in [0.2, 0.25) is 0 Å². The molecule has 0 saturated heterocycles. The molecule has 0 spiro atoms. The molecular weight excluding hydrogens is 244 g/mol. The predicted molar refractivity (Wildman–Crippen MR) is 89.0 cm³/mol. The topological polar surface area (TPSA) is 15.3 Å². The van der Waals surface area contributed by atoms with Crippen molar-refractivity contribution in [1.29, 1.82) is 0 Å². The highest BCUT2D eigenvalue weighted by Crippen LogP contribution is 2.26. The second-order valence-electron chi connectivity index (χ2n) is 6.10. The van der Waals surface area contributed by atoms with Gasteiger partial charge in [0, 0.05) is 12.1 Å². The first-order valence-electron chi connectivity index (χ1n) is 8.04. The Labute approximate surface area is 125 Å². The minimum absolute atomic E-state index is 0.392. The Morgan fingerprint density at radius 2 is 1.75 bits per heavy atom. The van der Waals surface area contributed by atoms with Crippen molar-refractivity contribution in [2.45, 2.75) is 52.1 Å². The zero-order chi connectivity index (χ0) is 15.0. The molecule has 1 aromatic rings. The van der Waals surface area contributed by atoms with Crippen LogP contribution in [-0.4, -0.2) is 31.6 Å². The van der Waals surface area contributed by atoms with Crippen LogP contribution in [0.5, 0.6) is 0 Å². The molecule has 2 unspecified atom stereocenters. The minimum Gasteiger partial charge on any atom is -0.312 e. The van der Waals surface area contributed by atoms with Gasteiger partial charge in [-0.1, -0.05) is 63.9 Å². The minimum atomic E-state index is 0.392. The van der Waals surface area contributed by atoms with Crippen LogP contribution < -0.4 is 5.32 Å². The molecule has 0 saturated carbocycles. The number of rotatable bonds is 9. The van der Waals surface area contributed by atoms with E-state index in [4.69, 9.17) is 0 Å². The first-order chi connectivity index (χ1) is 9.61. The summed E-state index contributed by atoms with van der Waals surface area (Å²) >= 11 is 0. The summed E-state index contributed by atoms with van der Waals surface area (Å²) in [5.41, 5.74) is 1.39. The number of benzene rings is 1. The third-order valence-corrected chi connectivity index (χ3v) is 4.12. The maximum atomic E-state index is 3.53. The highest BCUT2D eigenvalue weighted by Gasteiger charge is 2.27. The summed E-state index contributed by atoms with van der Waals surface area (Å²) in [5.74, 6) is 0.624. The zero-order valence-corrected chi connectivity index (χ0v) is 13.9. The lowest BCUT2D eigenvalue weighted by molar-refractivity contribution is 0.147. The van der Waals surface area contributed by atoms with Crippen LogP contribution in [0.15, 0.2) is 30.3 Å². The molecule has 0 amide bonds. The van der Waals surface area contributed by atoms with Gasteiger partial charge in [0.05, 0.1) is 0 Å². The quantitative estimate of drug-likeness (QED) is 0.683. The van der Waals surface area contributed by atoms with Crippen LogP contribution in [0.1, 0.15) is 51.6 Å². The van der Waals surface area contributed by atoms with Gasteiger partial charge in [0.25, 0.3) is 0 Å². The third kappa shape index (κ3) is 4.92. The van der Waals surface area contributed by atoms with Gasteiger partial charge in [-0.2, -0.15) is 0 Å². The number of nitrogens with zero attached hydrogens (tertiary/aromatic N) is 1. The van der Waals surface area contributed by atoms with Crippen molar-refractivity contribution < 1.29 is 0 Å². The molecule has 1 rings (SSSR count). The smallest absolute Gasteiger partial charge is 0.0478 e. The van der Waals surface area contributed by atoms with E-state index in [-0.39, 0.29) is 0 Å². The van der Waals surface area contributed by atoms with Crippen molar-refractivity contribution in [1.82, 2.24) is 10.2 Å². The molecule has 1 N–H and O–H groups in total. The van der Waals surface area contributed by atoms with Gasteiger partial charge in [-0.05, 0) is 38.5 Å². The normalized spacial score (nSPS) is 14.8. The first kappa shape index (κ1) is 17.2. The fourth-order valence-electron chi connectivity index (χ4n) is 3.10. The van der Waals surface area contributed by atoms with Crippen LogP contribution in [0.4, 0.5) is 0 Å². The molecule has 0 fully saturated rings. The van der Waals surface area contributed by atoms with E-state index < -0.39 is 0 Å². The van der Waals surface area contributed by atoms with Gasteiger partial charge < -0.3 is 10.2 Å². The molecule has 0 aliphatic carbocycles. The summed E-state index contributed by atoms with van der Waals surface area (Å²) in [6.45, 7) is 8.10. The average Bonchev–Trinajstić information content (AvgIpc) is 2.45. The van der Waals surface area contributed by atoms with Crippen LogP contribution in [0.25, 0.3) is 0 Å². The van der Waals surface area contributed by atoms with Crippen LogP contribution in [-0.2, 0) is 0 Å². The van der Waals surface area contributed by atoms with E-state index in [1.54, 1.807) is 0 Å². The highest BCUT2D eigenvalue weighted by molar-refractivity contribution is 5.21. The molecule has 0 heterocycles. The largest absolute Gasteiger partial charge is 0.312 e. The third-order valence-electron chi connectivity index (χ3n) is 4.12. The average molecular weight is 276 g/mol. The Kier molecular flexibility index (Phi) is 7.86. The van der Waals surface area contributed by atoms with Crippen molar-refractivity contribution in [3.63, 3.8) is 0 Å². The molecule has 1 aromatic carbocycles. The van der Waals surface area contributed by atoms with E-state index in [9.17, 15) is 0 Å². The molecule has 114 valence electrons. The Hall–Kier alpha value is -0.860. The monoisotopic (exact) mass is 276 g/mol. The van der Waals surface area contributed by atoms with Crippen LogP contribution in [0.2, 0.25) is 0 Å². The van der Waals surface area contributed by atoms with E-state index in [2.05, 4.69) is 75.4 Å². The lowest BCUT2D eigenvalue weighted by Gasteiger charge is -2.38. The van der Waals surface area contributed by atoms with E-state index in [1.165, 1.54) is 31.4 Å². The molecule has 0 radical (unpaired) electrons. The predicted octanol–water partition coefficient (Wildman–Crippen LogP) is 4.09. The number of nitrogens with one attached hydrogen (secondary N) is 1. The van der Waals surface area contributed by atoms with Gasteiger partial charge in [0.1, 0.15) is 0 Å². The fraction of sp³-hybridized carbons (Fsp3) is 0.667. The van der Waals surface area contributed by atoms with Crippen molar-refractivity contribution in [2.75, 3.05) is 20.6 Å². The maximum Gasteiger partial charge on any atom is 0.0478 e. The molecule has 20 heavy (non-hydrogen) atoms. The molecule has 2 atom stereocenters. The maximum absolute atomic E-state index is 3.53. The summed E-state index contributed by atoms with van der Waals surface area (Å²) in [6.07, 6.45) is 3.90. The number of unbranched alkanes of at least 4 members (excludes halogenated alkanes) is 2. The summed E-state index contributed by atoms with van der Waals surface area (Å²) in [7, 11) is 4.35. The number of hydrogen-bond donors (Lipinski definition) is 1. The second-order valence-corrected chi connectivity index (χ2v) is 6.10. The Morgan fingerprint density at radius 3 is 2.25 bits per heavy atom. The first-order valence-corrected chi connectivity index (χ1v) is 8.04. The summed E-state index contributed by atoms with van der Waals surface area (Å²) in [4.78, 5) is 2.54. The van der Waals surface area contributed by atoms with Gasteiger partial charge in [-0.3, -0.25) is 0 Å². The van der Waals surface area contributed by atoms with Crippen molar-refractivity contribution in [2.24, 2.45) is 5.92 Å². The molecule has 0 aromatic heterocycles. The molecule has 0 aliphatic rings. The molecule has 2 heteroatoms. The van der Waals surface area contributed by atoms with Crippen LogP contribution in [0.3, 0.4) is 0 Å². The SMILES string of the molecule is CCCCCN(C)C(C(C)C)C(NC)c1ccccc1. The standard InChI is InChI=1S/C18H32N2/c1-6-7-11-14-20(5)18(15(2)3)17(19-4)16-12-9-8-10-13-16/h8-10,12-13,15,17-19H,6-7,11,14H2,1-5H3. The van der Waals surface area contributed by atoms with Crippen molar-refractivity contribution >= 4 is 0 Å². The Bertz CT molecular complexity index is 348. The summed E-state index contributed by atoms with van der Waals surface area (Å²) < 4.78 is 0. The molecular formula is C18H32N2. The molecule has 2 nitrogen and oxygen atoms in total. The van der Waals surface area contributed by atoms with Crippen LogP contribution in [0, 0.1) is 5.92 Å². The van der Waals surface area contributed by atoms with Crippen LogP contribution >= 0.6 is 0 Å². The van der Waals surface area contributed by atoms with Crippen molar-refractivity contribution in [3.05, 3.63) is 35.9 Å². The van der Waals surface area contributed by atoms with Crippen molar-refractivity contribution in [3.8, 4) is 0 Å². The Morgan fingerprint density at radius 1 is 1.10 bits per heavy atom. The van der Waals surface area contributed by atoms with Gasteiger partial charge in [0.15, 0.2) is 0 Å². The lowest BCUT2D eigenvalue weighted by atomic mass is 9.90. The summed E-state index contributed by atoms with van der Waals surface area (Å²) in [6, 6.07) is 11.7.